The molecule has 0 spiro atoms. The van der Waals surface area contributed by atoms with Crippen LogP contribution in [0.1, 0.15) is 27.7 Å². The number of hydrogen-bond donors (Lipinski definition) is 4. The number of nitrogens with one attached hydrogen (secondary N) is 2. The van der Waals surface area contributed by atoms with Crippen LogP contribution in [0.3, 0.4) is 0 Å². The van der Waals surface area contributed by atoms with Gasteiger partial charge >= 0.3 is 6.03 Å². The van der Waals surface area contributed by atoms with Crippen LogP contribution in [0.2, 0.25) is 0 Å². The van der Waals surface area contributed by atoms with Gasteiger partial charge in [-0.15, -0.1) is 0 Å². The molecule has 0 radical (unpaired) electrons. The van der Waals surface area contributed by atoms with Gasteiger partial charge in [-0.05, 0) is 27.7 Å². The van der Waals surface area contributed by atoms with Crippen molar-refractivity contribution in [1.29, 1.82) is 0 Å². The smallest absolute Gasteiger partial charge is 0.315 e. The SMILES string of the molecule is CC(C)(CO)NC(=O)NC(C)(C)CO. The highest BCUT2D eigenvalue weighted by Crippen LogP contribution is 2.02. The number of aliphatic hydroxyl groups excluding tert-OH is 2. The monoisotopic (exact) mass is 204 g/mol. The van der Waals surface area contributed by atoms with Crippen molar-refractivity contribution in [2.24, 2.45) is 0 Å². The van der Waals surface area contributed by atoms with E-state index < -0.39 is 17.1 Å². The summed E-state index contributed by atoms with van der Waals surface area (Å²) in [6.45, 7) is 6.55. The second-order valence-corrected chi connectivity index (χ2v) is 4.66. The molecule has 0 fully saturated rings. The summed E-state index contributed by atoms with van der Waals surface area (Å²) in [4.78, 5) is 11.3. The Bertz CT molecular complexity index is 182. The van der Waals surface area contributed by atoms with Gasteiger partial charge in [-0.3, -0.25) is 0 Å². The van der Waals surface area contributed by atoms with E-state index in [0.717, 1.165) is 0 Å². The lowest BCUT2D eigenvalue weighted by atomic mass is 10.1. The highest BCUT2D eigenvalue weighted by atomic mass is 16.3. The third kappa shape index (κ3) is 5.04. The predicted octanol–water partition coefficient (Wildman–Crippen LogP) is -0.173. The van der Waals surface area contributed by atoms with Crippen molar-refractivity contribution < 1.29 is 15.0 Å². The zero-order valence-electron chi connectivity index (χ0n) is 9.22. The van der Waals surface area contributed by atoms with E-state index in [1.54, 1.807) is 27.7 Å². The van der Waals surface area contributed by atoms with Crippen molar-refractivity contribution in [3.63, 3.8) is 0 Å². The molecule has 2 amide bonds. The Morgan fingerprint density at radius 3 is 1.50 bits per heavy atom. The van der Waals surface area contributed by atoms with E-state index in [0.29, 0.717) is 0 Å². The van der Waals surface area contributed by atoms with Crippen molar-refractivity contribution in [3.05, 3.63) is 0 Å². The van der Waals surface area contributed by atoms with Gasteiger partial charge in [0.1, 0.15) is 0 Å². The van der Waals surface area contributed by atoms with Gasteiger partial charge in [0.05, 0.1) is 24.3 Å². The van der Waals surface area contributed by atoms with E-state index in [9.17, 15) is 4.79 Å². The summed E-state index contributed by atoms with van der Waals surface area (Å²) >= 11 is 0. The summed E-state index contributed by atoms with van der Waals surface area (Å²) in [7, 11) is 0. The van der Waals surface area contributed by atoms with Gasteiger partial charge in [-0.1, -0.05) is 0 Å². The number of carbonyl (C=O) groups excluding carboxylic acids is 1. The van der Waals surface area contributed by atoms with Gasteiger partial charge in [0.15, 0.2) is 0 Å². The molecule has 0 bridgehead atoms. The molecule has 0 aliphatic rings. The Labute approximate surface area is 84.5 Å². The normalized spacial score (nSPS) is 12.4. The van der Waals surface area contributed by atoms with Crippen LogP contribution in [0.15, 0.2) is 0 Å². The Kier molecular flexibility index (Phi) is 4.35. The molecule has 5 nitrogen and oxygen atoms in total. The number of amides is 2. The molecular formula is C9H20N2O3. The zero-order chi connectivity index (χ0) is 11.4. The van der Waals surface area contributed by atoms with E-state index in [-0.39, 0.29) is 13.2 Å². The predicted molar refractivity (Wildman–Crippen MR) is 54.0 cm³/mol. The molecule has 0 saturated carbocycles. The van der Waals surface area contributed by atoms with Gasteiger partial charge in [0, 0.05) is 0 Å². The van der Waals surface area contributed by atoms with E-state index in [4.69, 9.17) is 10.2 Å². The Morgan fingerprint density at radius 1 is 1.00 bits per heavy atom. The highest BCUT2D eigenvalue weighted by Gasteiger charge is 2.23. The molecule has 0 aliphatic carbocycles. The van der Waals surface area contributed by atoms with Crippen molar-refractivity contribution in [2.45, 2.75) is 38.8 Å². The molecule has 0 aliphatic heterocycles. The minimum atomic E-state index is -0.657. The first-order chi connectivity index (χ1) is 6.22. The van der Waals surface area contributed by atoms with Gasteiger partial charge in [-0.2, -0.15) is 0 Å². The summed E-state index contributed by atoms with van der Waals surface area (Å²) in [6.07, 6.45) is 0. The van der Waals surface area contributed by atoms with E-state index in [1.807, 2.05) is 0 Å². The molecule has 0 saturated heterocycles. The number of carbonyl (C=O) groups is 1. The topological polar surface area (TPSA) is 81.6 Å². The molecule has 0 rings (SSSR count). The standard InChI is InChI=1S/C9H20N2O3/c1-8(2,5-12)10-7(14)11-9(3,4)6-13/h12-13H,5-6H2,1-4H3,(H2,10,11,14). The van der Waals surface area contributed by atoms with Crippen molar-refractivity contribution >= 4 is 6.03 Å². The van der Waals surface area contributed by atoms with Crippen LogP contribution >= 0.6 is 0 Å². The second kappa shape index (κ2) is 4.61. The third-order valence-corrected chi connectivity index (χ3v) is 1.69. The van der Waals surface area contributed by atoms with Crippen LogP contribution in [0.5, 0.6) is 0 Å². The molecule has 0 unspecified atom stereocenters. The van der Waals surface area contributed by atoms with Crippen LogP contribution in [-0.2, 0) is 0 Å². The van der Waals surface area contributed by atoms with Crippen molar-refractivity contribution in [3.8, 4) is 0 Å². The van der Waals surface area contributed by atoms with Crippen LogP contribution in [0, 0.1) is 0 Å². The third-order valence-electron chi connectivity index (χ3n) is 1.69. The molecular weight excluding hydrogens is 184 g/mol. The number of rotatable bonds is 4. The average Bonchev–Trinajstić information content (AvgIpc) is 2.02. The lowest BCUT2D eigenvalue weighted by molar-refractivity contribution is 0.161. The first-order valence-corrected chi connectivity index (χ1v) is 4.54. The van der Waals surface area contributed by atoms with Crippen LogP contribution in [0.25, 0.3) is 0 Å². The van der Waals surface area contributed by atoms with Crippen LogP contribution < -0.4 is 10.6 Å². The van der Waals surface area contributed by atoms with Crippen molar-refractivity contribution in [2.75, 3.05) is 13.2 Å². The first kappa shape index (κ1) is 13.2. The van der Waals surface area contributed by atoms with Gasteiger partial charge in [0.2, 0.25) is 0 Å². The number of aliphatic hydroxyl groups is 2. The highest BCUT2D eigenvalue weighted by molar-refractivity contribution is 5.75. The molecule has 0 aromatic rings. The number of hydrogen-bond acceptors (Lipinski definition) is 3. The van der Waals surface area contributed by atoms with Gasteiger partial charge < -0.3 is 20.8 Å². The average molecular weight is 204 g/mol. The summed E-state index contributed by atoms with van der Waals surface area (Å²) in [5, 5.41) is 23.0. The minimum absolute atomic E-state index is 0.139. The maximum absolute atomic E-state index is 11.3. The summed E-state index contributed by atoms with van der Waals surface area (Å²) in [5.41, 5.74) is -1.31. The van der Waals surface area contributed by atoms with Crippen LogP contribution in [-0.4, -0.2) is 40.5 Å². The zero-order valence-corrected chi connectivity index (χ0v) is 9.22. The molecule has 0 aromatic carbocycles. The van der Waals surface area contributed by atoms with Crippen LogP contribution in [0.4, 0.5) is 4.79 Å². The maximum atomic E-state index is 11.3. The fourth-order valence-corrected chi connectivity index (χ4v) is 0.725. The summed E-state index contributed by atoms with van der Waals surface area (Å²) in [5.74, 6) is 0. The molecule has 0 atom stereocenters. The van der Waals surface area contributed by atoms with Gasteiger partial charge in [-0.25, -0.2) is 4.79 Å². The summed E-state index contributed by atoms with van der Waals surface area (Å²) < 4.78 is 0. The second-order valence-electron chi connectivity index (χ2n) is 4.66. The molecule has 5 heteroatoms. The summed E-state index contributed by atoms with van der Waals surface area (Å²) in [6, 6.07) is -0.400. The van der Waals surface area contributed by atoms with Gasteiger partial charge in [0.25, 0.3) is 0 Å². The van der Waals surface area contributed by atoms with E-state index in [2.05, 4.69) is 10.6 Å². The fraction of sp³-hybridized carbons (Fsp3) is 0.889. The lowest BCUT2D eigenvalue weighted by Crippen LogP contribution is -2.56. The Balaban J connectivity index is 4.12. The number of urea groups is 1. The minimum Gasteiger partial charge on any atom is -0.394 e. The molecule has 84 valence electrons. The molecule has 0 heterocycles. The first-order valence-electron chi connectivity index (χ1n) is 4.54. The molecule has 14 heavy (non-hydrogen) atoms. The van der Waals surface area contributed by atoms with Crippen molar-refractivity contribution in [1.82, 2.24) is 10.6 Å². The van der Waals surface area contributed by atoms with E-state index in [1.165, 1.54) is 0 Å². The quantitative estimate of drug-likeness (QED) is 0.513. The maximum Gasteiger partial charge on any atom is 0.315 e. The fourth-order valence-electron chi connectivity index (χ4n) is 0.725. The lowest BCUT2D eigenvalue weighted by Gasteiger charge is -2.28. The Morgan fingerprint density at radius 2 is 1.29 bits per heavy atom. The Hall–Kier alpha value is -0.810. The van der Waals surface area contributed by atoms with E-state index >= 15 is 0 Å². The molecule has 4 N–H and O–H groups in total. The largest absolute Gasteiger partial charge is 0.394 e. The molecule has 0 aromatic heterocycles.